The number of benzene rings is 1. The quantitative estimate of drug-likeness (QED) is 0.536. The number of anilines is 1. The van der Waals surface area contributed by atoms with Gasteiger partial charge in [-0.05, 0) is 74.4 Å². The largest absolute Gasteiger partial charge is 0.393 e. The topological polar surface area (TPSA) is 75.1 Å². The number of nitrogens with zero attached hydrogens (tertiary/aromatic N) is 2. The van der Waals surface area contributed by atoms with Crippen molar-refractivity contribution in [2.75, 3.05) is 5.32 Å². The Balaban J connectivity index is 0.00000141. The van der Waals surface area contributed by atoms with E-state index in [-0.39, 0.29) is 29.4 Å². The number of hydrogen-bond acceptors (Lipinski definition) is 4. The van der Waals surface area contributed by atoms with E-state index in [1.54, 1.807) is 42.7 Å². The first-order valence-corrected chi connectivity index (χ1v) is 11.2. The lowest BCUT2D eigenvalue weighted by molar-refractivity contribution is 0.102. The van der Waals surface area contributed by atoms with Crippen molar-refractivity contribution in [2.45, 2.75) is 58.5 Å². The van der Waals surface area contributed by atoms with Gasteiger partial charge < -0.3 is 10.4 Å². The maximum Gasteiger partial charge on any atom is 0.274 e. The van der Waals surface area contributed by atoms with Crippen LogP contribution in [-0.4, -0.2) is 27.1 Å². The summed E-state index contributed by atoms with van der Waals surface area (Å²) in [5.41, 5.74) is 3.58. The molecule has 0 radical (unpaired) electrons. The van der Waals surface area contributed by atoms with Crippen LogP contribution in [0.15, 0.2) is 54.9 Å². The molecule has 0 unspecified atom stereocenters. The molecule has 0 bridgehead atoms. The van der Waals surface area contributed by atoms with Gasteiger partial charge in [-0.25, -0.2) is 9.37 Å². The fourth-order valence-electron chi connectivity index (χ4n) is 3.99. The standard InChI is InChI=1S/C24H24FN3O2.C2H6/c1-15-5-10-20(25)19(13-15)21-3-2-4-22(27-21)24(30)28-23-14-26-12-11-18(23)16-6-8-17(29)9-7-16;1-2/h2-5,10-14,16-17,29H,6-9H2,1H3,(H,28,30);1-2H3. The van der Waals surface area contributed by atoms with Crippen LogP contribution in [0.4, 0.5) is 10.1 Å². The minimum Gasteiger partial charge on any atom is -0.393 e. The van der Waals surface area contributed by atoms with Crippen LogP contribution in [0.1, 0.15) is 67.1 Å². The van der Waals surface area contributed by atoms with Crippen LogP contribution in [0.3, 0.4) is 0 Å². The highest BCUT2D eigenvalue weighted by Gasteiger charge is 2.23. The summed E-state index contributed by atoms with van der Waals surface area (Å²) in [4.78, 5) is 21.4. The van der Waals surface area contributed by atoms with Crippen LogP contribution in [0.25, 0.3) is 11.3 Å². The number of aliphatic hydroxyl groups excluding tert-OH is 1. The van der Waals surface area contributed by atoms with Gasteiger partial charge in [0.2, 0.25) is 0 Å². The van der Waals surface area contributed by atoms with Crippen molar-refractivity contribution < 1.29 is 14.3 Å². The maximum absolute atomic E-state index is 14.3. The van der Waals surface area contributed by atoms with E-state index in [1.165, 1.54) is 6.07 Å². The van der Waals surface area contributed by atoms with E-state index in [9.17, 15) is 14.3 Å². The minimum atomic E-state index is -0.375. The number of carbonyl (C=O) groups excluding carboxylic acids is 1. The molecule has 6 heteroatoms. The number of rotatable bonds is 4. The van der Waals surface area contributed by atoms with Crippen molar-refractivity contribution in [3.8, 4) is 11.3 Å². The Morgan fingerprint density at radius 2 is 1.84 bits per heavy atom. The molecule has 0 saturated heterocycles. The first kappa shape index (κ1) is 23.5. The molecule has 1 amide bonds. The van der Waals surface area contributed by atoms with Crippen molar-refractivity contribution in [3.05, 3.63) is 77.5 Å². The molecule has 0 atom stereocenters. The zero-order valence-corrected chi connectivity index (χ0v) is 18.8. The van der Waals surface area contributed by atoms with Gasteiger partial charge in [0.05, 0.1) is 23.7 Å². The van der Waals surface area contributed by atoms with Crippen LogP contribution in [0.2, 0.25) is 0 Å². The number of halogens is 1. The van der Waals surface area contributed by atoms with Gasteiger partial charge in [0.1, 0.15) is 11.5 Å². The smallest absolute Gasteiger partial charge is 0.274 e. The van der Waals surface area contributed by atoms with Crippen molar-refractivity contribution >= 4 is 11.6 Å². The predicted molar refractivity (Wildman–Crippen MR) is 125 cm³/mol. The Hall–Kier alpha value is -3.12. The van der Waals surface area contributed by atoms with Crippen LogP contribution < -0.4 is 5.32 Å². The summed E-state index contributed by atoms with van der Waals surface area (Å²) in [6.45, 7) is 5.88. The molecule has 168 valence electrons. The third-order valence-electron chi connectivity index (χ3n) is 5.62. The normalized spacial score (nSPS) is 17.8. The zero-order valence-electron chi connectivity index (χ0n) is 18.8. The van der Waals surface area contributed by atoms with Gasteiger partial charge in [-0.15, -0.1) is 0 Å². The number of pyridine rings is 2. The molecule has 5 nitrogen and oxygen atoms in total. The number of aliphatic hydroxyl groups is 1. The maximum atomic E-state index is 14.3. The summed E-state index contributed by atoms with van der Waals surface area (Å²) in [6, 6.07) is 11.7. The fourth-order valence-corrected chi connectivity index (χ4v) is 3.99. The van der Waals surface area contributed by atoms with E-state index >= 15 is 0 Å². The lowest BCUT2D eigenvalue weighted by Gasteiger charge is -2.27. The molecule has 4 rings (SSSR count). The Bertz CT molecular complexity index is 1060. The second-order valence-electron chi connectivity index (χ2n) is 7.81. The van der Waals surface area contributed by atoms with Gasteiger partial charge in [-0.2, -0.15) is 0 Å². The van der Waals surface area contributed by atoms with Crippen LogP contribution in [0.5, 0.6) is 0 Å². The predicted octanol–water partition coefficient (Wildman–Crippen LogP) is 5.89. The molecule has 2 N–H and O–H groups in total. The van der Waals surface area contributed by atoms with E-state index < -0.39 is 0 Å². The highest BCUT2D eigenvalue weighted by molar-refractivity contribution is 6.03. The van der Waals surface area contributed by atoms with Gasteiger partial charge in [0, 0.05) is 11.8 Å². The summed E-state index contributed by atoms with van der Waals surface area (Å²) in [5.74, 6) is -0.470. The lowest BCUT2D eigenvalue weighted by atomic mass is 9.82. The van der Waals surface area contributed by atoms with E-state index in [0.717, 1.165) is 36.8 Å². The minimum absolute atomic E-state index is 0.210. The molecular formula is C26H30FN3O2. The van der Waals surface area contributed by atoms with Gasteiger partial charge in [-0.3, -0.25) is 9.78 Å². The van der Waals surface area contributed by atoms with Gasteiger partial charge >= 0.3 is 0 Å². The third kappa shape index (κ3) is 5.56. The number of hydrogen-bond donors (Lipinski definition) is 2. The van der Waals surface area contributed by atoms with Crippen molar-refractivity contribution in [2.24, 2.45) is 0 Å². The Labute approximate surface area is 188 Å². The molecule has 2 heterocycles. The average molecular weight is 436 g/mol. The summed E-state index contributed by atoms with van der Waals surface area (Å²) in [6.07, 6.45) is 6.37. The van der Waals surface area contributed by atoms with E-state index in [4.69, 9.17) is 0 Å². The van der Waals surface area contributed by atoms with Crippen molar-refractivity contribution in [1.82, 2.24) is 9.97 Å². The first-order valence-electron chi connectivity index (χ1n) is 11.2. The van der Waals surface area contributed by atoms with Crippen LogP contribution in [0, 0.1) is 12.7 Å². The van der Waals surface area contributed by atoms with Crippen molar-refractivity contribution in [1.29, 1.82) is 0 Å². The van der Waals surface area contributed by atoms with Crippen molar-refractivity contribution in [3.63, 3.8) is 0 Å². The van der Waals surface area contributed by atoms with Crippen LogP contribution in [-0.2, 0) is 0 Å². The molecule has 1 aliphatic rings. The number of amides is 1. The first-order chi connectivity index (χ1) is 15.5. The molecule has 2 aromatic heterocycles. The van der Waals surface area contributed by atoms with E-state index in [1.807, 2.05) is 26.8 Å². The third-order valence-corrected chi connectivity index (χ3v) is 5.62. The molecule has 0 spiro atoms. The van der Waals surface area contributed by atoms with Gasteiger partial charge in [0.25, 0.3) is 5.91 Å². The molecule has 1 saturated carbocycles. The summed E-state index contributed by atoms with van der Waals surface area (Å²) < 4.78 is 14.3. The Kier molecular flexibility index (Phi) is 8.06. The molecule has 1 aromatic carbocycles. The molecule has 1 fully saturated rings. The zero-order chi connectivity index (χ0) is 23.1. The molecular weight excluding hydrogens is 405 g/mol. The Morgan fingerprint density at radius 3 is 2.59 bits per heavy atom. The van der Waals surface area contributed by atoms with Gasteiger partial charge in [-0.1, -0.05) is 31.5 Å². The average Bonchev–Trinajstić information content (AvgIpc) is 2.83. The molecule has 1 aliphatic carbocycles. The van der Waals surface area contributed by atoms with Gasteiger partial charge in [0.15, 0.2) is 0 Å². The number of aromatic nitrogens is 2. The van der Waals surface area contributed by atoms with E-state index in [2.05, 4.69) is 15.3 Å². The number of nitrogens with one attached hydrogen (secondary N) is 1. The lowest BCUT2D eigenvalue weighted by Crippen LogP contribution is -2.20. The second kappa shape index (κ2) is 11.0. The molecule has 3 aromatic rings. The summed E-state index contributed by atoms with van der Waals surface area (Å²) in [7, 11) is 0. The fraction of sp³-hybridized carbons (Fsp3) is 0.346. The highest BCUT2D eigenvalue weighted by atomic mass is 19.1. The molecule has 0 aliphatic heterocycles. The number of carbonyl (C=O) groups is 1. The SMILES string of the molecule is CC.Cc1ccc(F)c(-c2cccc(C(=O)Nc3cnccc3C3CCC(O)CC3)n2)c1. The second-order valence-corrected chi connectivity index (χ2v) is 7.81. The number of aryl methyl sites for hydroxylation is 1. The summed E-state index contributed by atoms with van der Waals surface area (Å²) >= 11 is 0. The molecule has 32 heavy (non-hydrogen) atoms. The Morgan fingerprint density at radius 1 is 1.09 bits per heavy atom. The monoisotopic (exact) mass is 435 g/mol. The summed E-state index contributed by atoms with van der Waals surface area (Å²) in [5, 5.41) is 12.7. The highest BCUT2D eigenvalue weighted by Crippen LogP contribution is 2.36. The van der Waals surface area contributed by atoms with Crippen LogP contribution >= 0.6 is 0 Å². The van der Waals surface area contributed by atoms with E-state index in [0.29, 0.717) is 16.9 Å².